The second kappa shape index (κ2) is 5.66. The van der Waals surface area contributed by atoms with Crippen LogP contribution in [-0.2, 0) is 4.79 Å². The van der Waals surface area contributed by atoms with Gasteiger partial charge in [0.05, 0.1) is 5.69 Å². The molecule has 0 fully saturated rings. The maximum absolute atomic E-state index is 12.1. The van der Waals surface area contributed by atoms with Gasteiger partial charge in [0, 0.05) is 5.92 Å². The van der Waals surface area contributed by atoms with Crippen molar-refractivity contribution in [2.45, 2.75) is 46.1 Å². The lowest BCUT2D eigenvalue weighted by molar-refractivity contribution is -0.139. The third kappa shape index (κ3) is 2.88. The van der Waals surface area contributed by atoms with Gasteiger partial charge in [0.2, 0.25) is 0 Å². The highest BCUT2D eigenvalue weighted by Crippen LogP contribution is 2.22. The SMILES string of the molecule is CC[C@@H](NC(=O)c1c(C)noc1C(C)C)C(=O)O. The predicted octanol–water partition coefficient (Wildman–Crippen LogP) is 1.70. The van der Waals surface area contributed by atoms with Crippen LogP contribution in [0.4, 0.5) is 0 Å². The van der Waals surface area contributed by atoms with Crippen LogP contribution in [0.5, 0.6) is 0 Å². The summed E-state index contributed by atoms with van der Waals surface area (Å²) >= 11 is 0. The fraction of sp³-hybridized carbons (Fsp3) is 0.583. The van der Waals surface area contributed by atoms with E-state index in [0.717, 1.165) is 0 Å². The van der Waals surface area contributed by atoms with E-state index in [2.05, 4.69) is 10.5 Å². The third-order valence-corrected chi connectivity index (χ3v) is 2.65. The Morgan fingerprint density at radius 3 is 2.50 bits per heavy atom. The van der Waals surface area contributed by atoms with E-state index in [1.54, 1.807) is 13.8 Å². The average molecular weight is 254 g/mol. The van der Waals surface area contributed by atoms with Gasteiger partial charge in [-0.1, -0.05) is 25.9 Å². The monoisotopic (exact) mass is 254 g/mol. The van der Waals surface area contributed by atoms with E-state index in [1.165, 1.54) is 0 Å². The van der Waals surface area contributed by atoms with Crippen LogP contribution >= 0.6 is 0 Å². The van der Waals surface area contributed by atoms with Gasteiger partial charge in [0.15, 0.2) is 5.76 Å². The Hall–Kier alpha value is -1.85. The standard InChI is InChI=1S/C12H18N2O4/c1-5-8(12(16)17)13-11(15)9-7(4)14-18-10(9)6(2)3/h6,8H,5H2,1-4H3,(H,13,15)(H,16,17)/t8-/m1/s1. The Morgan fingerprint density at radius 1 is 1.44 bits per heavy atom. The summed E-state index contributed by atoms with van der Waals surface area (Å²) in [4.78, 5) is 22.9. The Balaban J connectivity index is 2.97. The fourth-order valence-electron chi connectivity index (χ4n) is 1.63. The van der Waals surface area contributed by atoms with E-state index in [1.807, 2.05) is 13.8 Å². The van der Waals surface area contributed by atoms with Gasteiger partial charge in [-0.15, -0.1) is 0 Å². The number of amides is 1. The van der Waals surface area contributed by atoms with Crippen molar-refractivity contribution in [1.29, 1.82) is 0 Å². The Morgan fingerprint density at radius 2 is 2.06 bits per heavy atom. The third-order valence-electron chi connectivity index (χ3n) is 2.65. The van der Waals surface area contributed by atoms with Crippen LogP contribution in [0, 0.1) is 6.92 Å². The second-order valence-corrected chi connectivity index (χ2v) is 4.43. The van der Waals surface area contributed by atoms with Gasteiger partial charge in [0.25, 0.3) is 5.91 Å². The minimum absolute atomic E-state index is 0.0110. The molecule has 1 aromatic heterocycles. The lowest BCUT2D eigenvalue weighted by atomic mass is 10.0. The van der Waals surface area contributed by atoms with Gasteiger partial charge in [-0.05, 0) is 13.3 Å². The van der Waals surface area contributed by atoms with Gasteiger partial charge in [-0.3, -0.25) is 4.79 Å². The number of aliphatic carboxylic acids is 1. The highest BCUT2D eigenvalue weighted by Gasteiger charge is 2.26. The largest absolute Gasteiger partial charge is 0.480 e. The first-order valence-corrected chi connectivity index (χ1v) is 5.88. The highest BCUT2D eigenvalue weighted by molar-refractivity contribution is 5.98. The molecule has 0 saturated heterocycles. The molecular weight excluding hydrogens is 236 g/mol. The predicted molar refractivity (Wildman–Crippen MR) is 64.5 cm³/mol. The second-order valence-electron chi connectivity index (χ2n) is 4.43. The van der Waals surface area contributed by atoms with Crippen molar-refractivity contribution in [2.75, 3.05) is 0 Å². The number of hydrogen-bond acceptors (Lipinski definition) is 4. The van der Waals surface area contributed by atoms with Gasteiger partial charge in [0.1, 0.15) is 11.6 Å². The van der Waals surface area contributed by atoms with Crippen molar-refractivity contribution >= 4 is 11.9 Å². The van der Waals surface area contributed by atoms with Crippen molar-refractivity contribution in [3.63, 3.8) is 0 Å². The van der Waals surface area contributed by atoms with Crippen LogP contribution in [0.1, 0.15) is 54.9 Å². The maximum atomic E-state index is 12.1. The number of carboxylic acid groups (broad SMARTS) is 1. The summed E-state index contributed by atoms with van der Waals surface area (Å²) in [7, 11) is 0. The number of hydrogen-bond donors (Lipinski definition) is 2. The lowest BCUT2D eigenvalue weighted by Crippen LogP contribution is -2.40. The molecule has 0 aliphatic carbocycles. The van der Waals surface area contributed by atoms with E-state index in [4.69, 9.17) is 9.63 Å². The number of rotatable bonds is 5. The van der Waals surface area contributed by atoms with E-state index in [0.29, 0.717) is 23.4 Å². The smallest absolute Gasteiger partial charge is 0.326 e. The minimum atomic E-state index is -1.05. The van der Waals surface area contributed by atoms with Gasteiger partial charge < -0.3 is 14.9 Å². The van der Waals surface area contributed by atoms with Crippen LogP contribution in [-0.4, -0.2) is 28.2 Å². The summed E-state index contributed by atoms with van der Waals surface area (Å²) < 4.78 is 5.10. The fourth-order valence-corrected chi connectivity index (χ4v) is 1.63. The normalized spacial score (nSPS) is 12.5. The maximum Gasteiger partial charge on any atom is 0.326 e. The van der Waals surface area contributed by atoms with E-state index in [9.17, 15) is 9.59 Å². The molecule has 6 heteroatoms. The molecular formula is C12H18N2O4. The van der Waals surface area contributed by atoms with E-state index in [-0.39, 0.29) is 5.92 Å². The number of carboxylic acids is 1. The number of nitrogens with one attached hydrogen (secondary N) is 1. The van der Waals surface area contributed by atoms with Crippen molar-refractivity contribution in [3.05, 3.63) is 17.0 Å². The zero-order valence-electron chi connectivity index (χ0n) is 11.0. The van der Waals surface area contributed by atoms with Crippen LogP contribution in [0.15, 0.2) is 4.52 Å². The summed E-state index contributed by atoms with van der Waals surface area (Å²) in [5, 5.41) is 15.1. The molecule has 1 rings (SSSR count). The van der Waals surface area contributed by atoms with Crippen LogP contribution in [0.2, 0.25) is 0 Å². The molecule has 0 aliphatic rings. The molecule has 1 atom stereocenters. The number of nitrogens with zero attached hydrogens (tertiary/aromatic N) is 1. The molecule has 0 aliphatic heterocycles. The average Bonchev–Trinajstić information content (AvgIpc) is 2.67. The van der Waals surface area contributed by atoms with Crippen LogP contribution in [0.25, 0.3) is 0 Å². The lowest BCUT2D eigenvalue weighted by Gasteiger charge is -2.12. The van der Waals surface area contributed by atoms with Crippen LogP contribution in [0.3, 0.4) is 0 Å². The molecule has 0 saturated carbocycles. The zero-order chi connectivity index (χ0) is 13.9. The Labute approximate surface area is 105 Å². The summed E-state index contributed by atoms with van der Waals surface area (Å²) in [6.45, 7) is 7.12. The molecule has 2 N–H and O–H groups in total. The Kier molecular flexibility index (Phi) is 4.47. The molecule has 0 aromatic carbocycles. The highest BCUT2D eigenvalue weighted by atomic mass is 16.5. The quantitative estimate of drug-likeness (QED) is 0.834. The number of carbonyl (C=O) groups is 2. The number of aromatic nitrogens is 1. The topological polar surface area (TPSA) is 92.4 Å². The molecule has 0 radical (unpaired) electrons. The molecule has 0 spiro atoms. The van der Waals surface area contributed by atoms with Gasteiger partial charge in [-0.2, -0.15) is 0 Å². The summed E-state index contributed by atoms with van der Waals surface area (Å²) in [6, 6.07) is -0.896. The van der Waals surface area contributed by atoms with E-state index < -0.39 is 17.9 Å². The van der Waals surface area contributed by atoms with Gasteiger partial charge in [-0.25, -0.2) is 4.79 Å². The minimum Gasteiger partial charge on any atom is -0.480 e. The molecule has 1 heterocycles. The summed E-state index contributed by atoms with van der Waals surface area (Å²) in [5.74, 6) is -1.01. The van der Waals surface area contributed by atoms with Crippen molar-refractivity contribution in [2.24, 2.45) is 0 Å². The number of aryl methyl sites for hydroxylation is 1. The molecule has 1 amide bonds. The van der Waals surface area contributed by atoms with E-state index >= 15 is 0 Å². The first-order valence-electron chi connectivity index (χ1n) is 5.88. The Bertz CT molecular complexity index is 451. The van der Waals surface area contributed by atoms with Crippen molar-refractivity contribution in [1.82, 2.24) is 10.5 Å². The zero-order valence-corrected chi connectivity index (χ0v) is 11.0. The molecule has 0 unspecified atom stereocenters. The first-order chi connectivity index (χ1) is 8.38. The molecule has 18 heavy (non-hydrogen) atoms. The van der Waals surface area contributed by atoms with Crippen molar-refractivity contribution in [3.8, 4) is 0 Å². The molecule has 0 bridgehead atoms. The van der Waals surface area contributed by atoms with Gasteiger partial charge >= 0.3 is 5.97 Å². The molecule has 6 nitrogen and oxygen atoms in total. The first kappa shape index (κ1) is 14.2. The summed E-state index contributed by atoms with van der Waals surface area (Å²) in [6.07, 6.45) is 0.322. The number of carbonyl (C=O) groups excluding carboxylic acids is 1. The molecule has 1 aromatic rings. The van der Waals surface area contributed by atoms with Crippen molar-refractivity contribution < 1.29 is 19.2 Å². The molecule has 100 valence electrons. The van der Waals surface area contributed by atoms with Crippen LogP contribution < -0.4 is 5.32 Å². The summed E-state index contributed by atoms with van der Waals surface area (Å²) in [5.41, 5.74) is 0.807.